The molecule has 0 radical (unpaired) electrons. The molecule has 0 aromatic heterocycles. The van der Waals surface area contributed by atoms with Gasteiger partial charge in [-0.15, -0.1) is 12.4 Å². The van der Waals surface area contributed by atoms with Crippen molar-refractivity contribution >= 4 is 33.6 Å². The quantitative estimate of drug-likeness (QED) is 0.758. The molecule has 5 nitrogen and oxygen atoms in total. The maximum atomic E-state index is 13.1. The zero-order valence-corrected chi connectivity index (χ0v) is 17.5. The summed E-state index contributed by atoms with van der Waals surface area (Å²) in [5, 5.41) is 0. The highest BCUT2D eigenvalue weighted by molar-refractivity contribution is 7.92. The molecule has 3 fully saturated rings. The molecule has 7 heteroatoms. The molecule has 4 aliphatic rings. The van der Waals surface area contributed by atoms with E-state index in [1.54, 1.807) is 18.2 Å². The van der Waals surface area contributed by atoms with E-state index < -0.39 is 9.84 Å². The number of para-hydroxylation sites is 1. The van der Waals surface area contributed by atoms with Gasteiger partial charge in [0.25, 0.3) is 0 Å². The van der Waals surface area contributed by atoms with E-state index in [9.17, 15) is 8.42 Å². The van der Waals surface area contributed by atoms with Gasteiger partial charge in [-0.1, -0.05) is 18.2 Å². The molecule has 4 aliphatic heterocycles. The monoisotopic (exact) mass is 420 g/mol. The Morgan fingerprint density at radius 2 is 1.75 bits per heavy atom. The predicted octanol–water partition coefficient (Wildman–Crippen LogP) is 3.63. The lowest BCUT2D eigenvalue weighted by Crippen LogP contribution is -2.51. The van der Waals surface area contributed by atoms with Gasteiger partial charge in [-0.2, -0.15) is 0 Å². The largest absolute Gasteiger partial charge is 0.372 e. The first kappa shape index (κ1) is 19.7. The van der Waals surface area contributed by atoms with Crippen LogP contribution in [0.3, 0.4) is 0 Å². The first-order valence-corrected chi connectivity index (χ1v) is 11.1. The van der Waals surface area contributed by atoms with E-state index in [0.717, 1.165) is 23.5 Å². The Labute approximate surface area is 172 Å². The Morgan fingerprint density at radius 3 is 2.46 bits per heavy atom. The van der Waals surface area contributed by atoms with Crippen molar-refractivity contribution in [2.24, 2.45) is 5.92 Å². The Morgan fingerprint density at radius 1 is 1.04 bits per heavy atom. The zero-order valence-electron chi connectivity index (χ0n) is 15.9. The highest BCUT2D eigenvalue weighted by atomic mass is 35.5. The summed E-state index contributed by atoms with van der Waals surface area (Å²) in [6, 6.07) is 12.8. The minimum Gasteiger partial charge on any atom is -0.372 e. The maximum Gasteiger partial charge on any atom is 0.210 e. The molecule has 3 saturated heterocycles. The van der Waals surface area contributed by atoms with Crippen LogP contribution in [-0.2, 0) is 21.2 Å². The summed E-state index contributed by atoms with van der Waals surface area (Å²) in [6.45, 7) is 3.84. The van der Waals surface area contributed by atoms with Crippen molar-refractivity contribution in [1.82, 2.24) is 4.90 Å². The van der Waals surface area contributed by atoms with E-state index in [4.69, 9.17) is 4.74 Å². The lowest BCUT2D eigenvalue weighted by atomic mass is 9.86. The molecule has 0 N–H and O–H groups in total. The van der Waals surface area contributed by atoms with Gasteiger partial charge in [0, 0.05) is 13.6 Å². The standard InChI is InChI=1S/C21H24N2O3S.ClH/c1-22-17-4-2-3-5-20(17)27(24,25)21-12-15(6-7-18(21)22)14-26-19-13-23-10-8-16(19)9-11-23;/h2-7,12,16,19H,8-11,13-14H2,1H3;1H. The molecule has 0 spiro atoms. The van der Waals surface area contributed by atoms with Gasteiger partial charge >= 0.3 is 0 Å². The predicted molar refractivity (Wildman–Crippen MR) is 111 cm³/mol. The van der Waals surface area contributed by atoms with Gasteiger partial charge in [0.15, 0.2) is 0 Å². The van der Waals surface area contributed by atoms with Gasteiger partial charge in [0.2, 0.25) is 9.84 Å². The third kappa shape index (κ3) is 3.12. The normalized spacial score (nSPS) is 26.9. The minimum absolute atomic E-state index is 0. The van der Waals surface area contributed by atoms with Crippen molar-refractivity contribution < 1.29 is 13.2 Å². The third-order valence-corrected chi connectivity index (χ3v) is 8.08. The van der Waals surface area contributed by atoms with Gasteiger partial charge in [0.1, 0.15) is 0 Å². The smallest absolute Gasteiger partial charge is 0.210 e. The van der Waals surface area contributed by atoms with Crippen LogP contribution < -0.4 is 4.90 Å². The van der Waals surface area contributed by atoms with Crippen LogP contribution >= 0.6 is 12.4 Å². The first-order valence-electron chi connectivity index (χ1n) is 9.59. The maximum absolute atomic E-state index is 13.1. The lowest BCUT2D eigenvalue weighted by Gasteiger charge is -2.44. The fourth-order valence-electron chi connectivity index (χ4n) is 4.65. The second-order valence-electron chi connectivity index (χ2n) is 7.82. The van der Waals surface area contributed by atoms with Crippen LogP contribution in [0.25, 0.3) is 0 Å². The molecule has 6 rings (SSSR count). The molecule has 0 aliphatic carbocycles. The van der Waals surface area contributed by atoms with E-state index in [2.05, 4.69) is 4.90 Å². The average molecular weight is 421 g/mol. The van der Waals surface area contributed by atoms with Gasteiger partial charge in [-0.05, 0) is 61.7 Å². The number of hydrogen-bond acceptors (Lipinski definition) is 5. The van der Waals surface area contributed by atoms with Crippen molar-refractivity contribution in [3.63, 3.8) is 0 Å². The Bertz CT molecular complexity index is 987. The van der Waals surface area contributed by atoms with Crippen molar-refractivity contribution in [1.29, 1.82) is 0 Å². The highest BCUT2D eigenvalue weighted by Crippen LogP contribution is 2.43. The summed E-state index contributed by atoms with van der Waals surface area (Å²) in [7, 11) is -1.60. The summed E-state index contributed by atoms with van der Waals surface area (Å²) in [5.74, 6) is 0.648. The van der Waals surface area contributed by atoms with Gasteiger partial charge in [-0.25, -0.2) is 8.42 Å². The molecule has 2 aromatic carbocycles. The SMILES string of the molecule is CN1c2ccccc2S(=O)(=O)c2cc(COC3CN4CCC3CC4)ccc21.Cl. The molecule has 4 heterocycles. The number of benzene rings is 2. The van der Waals surface area contributed by atoms with Gasteiger partial charge in [0.05, 0.1) is 33.9 Å². The average Bonchev–Trinajstić information content (AvgIpc) is 2.72. The summed E-state index contributed by atoms with van der Waals surface area (Å²) in [5.41, 5.74) is 2.36. The van der Waals surface area contributed by atoms with E-state index in [0.29, 0.717) is 22.3 Å². The second kappa shape index (κ2) is 7.34. The Kier molecular flexibility index (Phi) is 5.16. The topological polar surface area (TPSA) is 49.9 Å². The zero-order chi connectivity index (χ0) is 18.6. The van der Waals surface area contributed by atoms with Gasteiger partial charge in [-0.3, -0.25) is 0 Å². The van der Waals surface area contributed by atoms with Crippen molar-refractivity contribution in [2.45, 2.75) is 35.3 Å². The molecule has 0 saturated carbocycles. The summed E-state index contributed by atoms with van der Waals surface area (Å²) < 4.78 is 32.5. The number of piperidine rings is 3. The molecular weight excluding hydrogens is 396 g/mol. The van der Waals surface area contributed by atoms with Crippen molar-refractivity contribution in [2.75, 3.05) is 31.6 Å². The summed E-state index contributed by atoms with van der Waals surface area (Å²) in [4.78, 5) is 5.16. The first-order chi connectivity index (χ1) is 13.0. The van der Waals surface area contributed by atoms with Crippen LogP contribution in [-0.4, -0.2) is 46.1 Å². The Hall–Kier alpha value is -1.60. The van der Waals surface area contributed by atoms with Crippen LogP contribution in [0.5, 0.6) is 0 Å². The number of ether oxygens (including phenoxy) is 1. The van der Waals surface area contributed by atoms with E-state index in [-0.39, 0.29) is 18.5 Å². The lowest BCUT2D eigenvalue weighted by molar-refractivity contribution is -0.0766. The van der Waals surface area contributed by atoms with E-state index in [1.165, 1.54) is 25.9 Å². The number of halogens is 1. The second-order valence-corrected chi connectivity index (χ2v) is 9.71. The molecule has 1 unspecified atom stereocenters. The fourth-order valence-corrected chi connectivity index (χ4v) is 6.42. The molecule has 2 bridgehead atoms. The number of fused-ring (bicyclic) bond motifs is 5. The summed E-state index contributed by atoms with van der Waals surface area (Å²) >= 11 is 0. The van der Waals surface area contributed by atoms with Crippen LogP contribution in [0, 0.1) is 5.92 Å². The number of sulfone groups is 1. The molecule has 1 atom stereocenters. The van der Waals surface area contributed by atoms with Crippen LogP contribution in [0.1, 0.15) is 18.4 Å². The van der Waals surface area contributed by atoms with Gasteiger partial charge < -0.3 is 14.5 Å². The number of nitrogens with zero attached hydrogens (tertiary/aromatic N) is 2. The van der Waals surface area contributed by atoms with Crippen LogP contribution in [0.4, 0.5) is 11.4 Å². The minimum atomic E-state index is -3.51. The van der Waals surface area contributed by atoms with Crippen LogP contribution in [0.2, 0.25) is 0 Å². The fraction of sp³-hybridized carbons (Fsp3) is 0.429. The van der Waals surface area contributed by atoms with Crippen LogP contribution in [0.15, 0.2) is 52.3 Å². The molecule has 2 aromatic rings. The molecule has 28 heavy (non-hydrogen) atoms. The molecular formula is C21H25ClN2O3S. The Balaban J connectivity index is 0.00000192. The van der Waals surface area contributed by atoms with E-state index in [1.807, 2.05) is 36.2 Å². The number of hydrogen-bond donors (Lipinski definition) is 0. The van der Waals surface area contributed by atoms with Crippen molar-refractivity contribution in [3.8, 4) is 0 Å². The molecule has 0 amide bonds. The van der Waals surface area contributed by atoms with Crippen molar-refractivity contribution in [3.05, 3.63) is 48.0 Å². The number of rotatable bonds is 3. The van der Waals surface area contributed by atoms with E-state index >= 15 is 0 Å². The molecule has 150 valence electrons. The summed E-state index contributed by atoms with van der Waals surface area (Å²) in [6.07, 6.45) is 2.69. The number of anilines is 2. The highest BCUT2D eigenvalue weighted by Gasteiger charge is 2.35. The third-order valence-electron chi connectivity index (χ3n) is 6.25.